The van der Waals surface area contributed by atoms with Crippen LogP contribution in [-0.2, 0) is 11.3 Å². The van der Waals surface area contributed by atoms with Gasteiger partial charge in [-0.1, -0.05) is 30.3 Å². The van der Waals surface area contributed by atoms with Crippen LogP contribution < -0.4 is 0 Å². The zero-order valence-electron chi connectivity index (χ0n) is 13.1. The molecule has 2 atom stereocenters. The monoisotopic (exact) mass is 338 g/mol. The number of hydrogen-bond acceptors (Lipinski definition) is 4. The van der Waals surface area contributed by atoms with Crippen LogP contribution in [0.25, 0.3) is 10.2 Å². The van der Waals surface area contributed by atoms with E-state index in [2.05, 4.69) is 16.0 Å². The Labute approximate surface area is 144 Å². The maximum absolute atomic E-state index is 11.7. The molecular formula is C19H18N2O2S. The molecule has 0 amide bonds. The summed E-state index contributed by atoms with van der Waals surface area (Å²) in [6.07, 6.45) is 1.90. The van der Waals surface area contributed by atoms with Gasteiger partial charge in [0.05, 0.1) is 16.1 Å². The molecule has 5 heteroatoms. The molecule has 0 unspecified atom stereocenters. The number of carbonyl (C=O) groups is 1. The molecule has 0 spiro atoms. The molecule has 1 N–H and O–H groups in total. The Bertz CT molecular complexity index is 862. The van der Waals surface area contributed by atoms with E-state index in [1.165, 1.54) is 4.70 Å². The molecular weight excluding hydrogens is 320 g/mol. The van der Waals surface area contributed by atoms with Crippen LogP contribution in [-0.4, -0.2) is 34.0 Å². The second kappa shape index (κ2) is 6.34. The Balaban J connectivity index is 1.55. The van der Waals surface area contributed by atoms with Gasteiger partial charge in [0.1, 0.15) is 0 Å². The van der Waals surface area contributed by atoms with Gasteiger partial charge in [0.15, 0.2) is 0 Å². The number of aliphatic carboxylic acids is 1. The summed E-state index contributed by atoms with van der Waals surface area (Å²) in [5.74, 6) is -1.02. The van der Waals surface area contributed by atoms with Gasteiger partial charge in [0.25, 0.3) is 0 Å². The number of likely N-dealkylation sites (tertiary alicyclic amines) is 1. The first-order chi connectivity index (χ1) is 11.7. The fraction of sp³-hybridized carbons (Fsp3) is 0.263. The van der Waals surface area contributed by atoms with Crippen molar-refractivity contribution in [3.8, 4) is 0 Å². The van der Waals surface area contributed by atoms with Crippen LogP contribution in [0.4, 0.5) is 0 Å². The van der Waals surface area contributed by atoms with Crippen molar-refractivity contribution in [1.82, 2.24) is 9.88 Å². The van der Waals surface area contributed by atoms with Crippen molar-refractivity contribution in [3.63, 3.8) is 0 Å². The number of hydrogen-bond donors (Lipinski definition) is 1. The predicted molar refractivity (Wildman–Crippen MR) is 95.2 cm³/mol. The van der Waals surface area contributed by atoms with Gasteiger partial charge in [-0.3, -0.25) is 14.7 Å². The maximum atomic E-state index is 11.7. The van der Waals surface area contributed by atoms with Crippen LogP contribution in [0.2, 0.25) is 0 Å². The van der Waals surface area contributed by atoms with Gasteiger partial charge in [0, 0.05) is 31.7 Å². The number of pyridine rings is 1. The number of aromatic nitrogens is 1. The van der Waals surface area contributed by atoms with E-state index >= 15 is 0 Å². The molecule has 0 saturated carbocycles. The van der Waals surface area contributed by atoms with E-state index in [1.54, 1.807) is 11.3 Å². The van der Waals surface area contributed by atoms with E-state index in [1.807, 2.05) is 48.0 Å². The summed E-state index contributed by atoms with van der Waals surface area (Å²) in [6.45, 7) is 2.09. The summed E-state index contributed by atoms with van der Waals surface area (Å²) in [7, 11) is 0. The van der Waals surface area contributed by atoms with E-state index in [4.69, 9.17) is 0 Å². The van der Waals surface area contributed by atoms with E-state index in [9.17, 15) is 9.90 Å². The second-order valence-corrected chi connectivity index (χ2v) is 7.25. The standard InChI is InChI=1S/C19H18N2O2S/c22-19(23)16-12-21(11-15(16)14-4-2-1-3-5-14)10-13-8-18-17(20-9-13)6-7-24-18/h1-9,15-16H,10-12H2,(H,22,23)/t15-,16+/m0/s1. The first-order valence-electron chi connectivity index (χ1n) is 8.03. The summed E-state index contributed by atoms with van der Waals surface area (Å²) in [5.41, 5.74) is 3.28. The van der Waals surface area contributed by atoms with Gasteiger partial charge in [-0.2, -0.15) is 0 Å². The molecule has 1 aliphatic heterocycles. The molecule has 4 nitrogen and oxygen atoms in total. The van der Waals surface area contributed by atoms with Crippen LogP contribution in [0, 0.1) is 5.92 Å². The van der Waals surface area contributed by atoms with Gasteiger partial charge >= 0.3 is 5.97 Å². The number of fused-ring (bicyclic) bond motifs is 1. The second-order valence-electron chi connectivity index (χ2n) is 6.30. The lowest BCUT2D eigenvalue weighted by atomic mass is 9.89. The van der Waals surface area contributed by atoms with Crippen molar-refractivity contribution in [3.05, 3.63) is 65.2 Å². The van der Waals surface area contributed by atoms with Gasteiger partial charge in [-0.05, 0) is 28.6 Å². The van der Waals surface area contributed by atoms with Crippen molar-refractivity contribution in [2.75, 3.05) is 13.1 Å². The molecule has 3 heterocycles. The quantitative estimate of drug-likeness (QED) is 0.790. The van der Waals surface area contributed by atoms with Crippen LogP contribution in [0.5, 0.6) is 0 Å². The Morgan fingerprint density at radius 3 is 2.88 bits per heavy atom. The SMILES string of the molecule is O=C(O)[C@@H]1CN(Cc2cnc3ccsc3c2)C[C@H]1c1ccccc1. The van der Waals surface area contributed by atoms with Gasteiger partial charge < -0.3 is 5.11 Å². The Morgan fingerprint density at radius 2 is 2.08 bits per heavy atom. The van der Waals surface area contributed by atoms with Crippen molar-refractivity contribution in [2.24, 2.45) is 5.92 Å². The molecule has 0 bridgehead atoms. The highest BCUT2D eigenvalue weighted by atomic mass is 32.1. The molecule has 122 valence electrons. The maximum Gasteiger partial charge on any atom is 0.308 e. The lowest BCUT2D eigenvalue weighted by molar-refractivity contribution is -0.141. The molecule has 0 aliphatic carbocycles. The third-order valence-corrected chi connectivity index (χ3v) is 5.56. The highest BCUT2D eigenvalue weighted by Crippen LogP contribution is 2.33. The predicted octanol–water partition coefficient (Wildman–Crippen LogP) is 3.60. The number of benzene rings is 1. The fourth-order valence-electron chi connectivity index (χ4n) is 3.53. The first-order valence-corrected chi connectivity index (χ1v) is 8.91. The number of thiophene rings is 1. The van der Waals surface area contributed by atoms with Gasteiger partial charge in [-0.15, -0.1) is 11.3 Å². The average molecular weight is 338 g/mol. The third kappa shape index (κ3) is 2.92. The number of carboxylic acids is 1. The Kier molecular flexibility index (Phi) is 4.04. The van der Waals surface area contributed by atoms with Gasteiger partial charge in [0.2, 0.25) is 0 Å². The van der Waals surface area contributed by atoms with Crippen LogP contribution >= 0.6 is 11.3 Å². The van der Waals surface area contributed by atoms with Crippen molar-refractivity contribution < 1.29 is 9.90 Å². The number of carboxylic acid groups (broad SMARTS) is 1. The summed E-state index contributed by atoms with van der Waals surface area (Å²) < 4.78 is 1.18. The Morgan fingerprint density at radius 1 is 1.25 bits per heavy atom. The van der Waals surface area contributed by atoms with Crippen molar-refractivity contribution in [1.29, 1.82) is 0 Å². The van der Waals surface area contributed by atoms with E-state index in [0.29, 0.717) is 6.54 Å². The Hall–Kier alpha value is -2.24. The lowest BCUT2D eigenvalue weighted by Crippen LogP contribution is -2.23. The van der Waals surface area contributed by atoms with E-state index < -0.39 is 5.97 Å². The first kappa shape index (κ1) is 15.3. The average Bonchev–Trinajstić information content (AvgIpc) is 3.22. The van der Waals surface area contributed by atoms with E-state index in [0.717, 1.165) is 29.7 Å². The summed E-state index contributed by atoms with van der Waals surface area (Å²) in [4.78, 5) is 18.4. The minimum absolute atomic E-state index is 0.0436. The fourth-order valence-corrected chi connectivity index (χ4v) is 4.34. The molecule has 1 saturated heterocycles. The molecule has 1 fully saturated rings. The third-order valence-electron chi connectivity index (χ3n) is 4.71. The topological polar surface area (TPSA) is 53.4 Å². The number of rotatable bonds is 4. The van der Waals surface area contributed by atoms with Gasteiger partial charge in [-0.25, -0.2) is 0 Å². The van der Waals surface area contributed by atoms with Crippen LogP contribution in [0.15, 0.2) is 54.0 Å². The van der Waals surface area contributed by atoms with Crippen molar-refractivity contribution >= 4 is 27.5 Å². The van der Waals surface area contributed by atoms with Crippen LogP contribution in [0.1, 0.15) is 17.0 Å². The largest absolute Gasteiger partial charge is 0.481 e. The lowest BCUT2D eigenvalue weighted by Gasteiger charge is -2.16. The number of nitrogens with zero attached hydrogens (tertiary/aromatic N) is 2. The molecule has 3 aromatic rings. The molecule has 24 heavy (non-hydrogen) atoms. The summed E-state index contributed by atoms with van der Waals surface area (Å²) in [5, 5.41) is 11.6. The molecule has 1 aromatic carbocycles. The molecule has 2 aromatic heterocycles. The molecule has 0 radical (unpaired) electrons. The normalized spacial score (nSPS) is 21.3. The highest BCUT2D eigenvalue weighted by Gasteiger charge is 2.38. The molecule has 4 rings (SSSR count). The highest BCUT2D eigenvalue weighted by molar-refractivity contribution is 7.17. The smallest absolute Gasteiger partial charge is 0.308 e. The molecule has 1 aliphatic rings. The summed E-state index contributed by atoms with van der Waals surface area (Å²) in [6, 6.07) is 14.2. The summed E-state index contributed by atoms with van der Waals surface area (Å²) >= 11 is 1.69. The van der Waals surface area contributed by atoms with Crippen LogP contribution in [0.3, 0.4) is 0 Å². The van der Waals surface area contributed by atoms with Crippen molar-refractivity contribution in [2.45, 2.75) is 12.5 Å². The zero-order valence-corrected chi connectivity index (χ0v) is 13.9. The minimum atomic E-state index is -0.710. The minimum Gasteiger partial charge on any atom is -0.481 e. The zero-order chi connectivity index (χ0) is 16.5. The van der Waals surface area contributed by atoms with E-state index in [-0.39, 0.29) is 11.8 Å².